The number of imidazole rings is 1. The number of hydrogen-bond acceptors (Lipinski definition) is 6. The van der Waals surface area contributed by atoms with Crippen LogP contribution in [0.1, 0.15) is 11.4 Å². The van der Waals surface area contributed by atoms with Crippen molar-refractivity contribution in [3.05, 3.63) is 30.0 Å². The van der Waals surface area contributed by atoms with Gasteiger partial charge in [-0.1, -0.05) is 5.16 Å². The molecule has 8 heteroatoms. The van der Waals surface area contributed by atoms with E-state index in [1.54, 1.807) is 13.1 Å². The van der Waals surface area contributed by atoms with Gasteiger partial charge in [0.1, 0.15) is 10.9 Å². The van der Waals surface area contributed by atoms with E-state index in [1.807, 2.05) is 17.8 Å². The molecule has 0 bridgehead atoms. The largest absolute Gasteiger partial charge is 0.409 e. The highest BCUT2D eigenvalue weighted by molar-refractivity contribution is 7.99. The molecule has 0 radical (unpaired) electrons. The van der Waals surface area contributed by atoms with Gasteiger partial charge in [-0.25, -0.2) is 15.0 Å². The smallest absolute Gasteiger partial charge is 0.174 e. The molecule has 0 spiro atoms. The van der Waals surface area contributed by atoms with Gasteiger partial charge in [0.05, 0.1) is 5.56 Å². The van der Waals surface area contributed by atoms with E-state index in [4.69, 9.17) is 10.9 Å². The standard InChI is InChI=1S/C10H12N6OS/c1-6-13-5-7(8(11)15-17)9(14-6)18-10-12-3-4-16(10)2/h3-5,17H,1-2H3,(H2,11,15). The van der Waals surface area contributed by atoms with Crippen LogP contribution in [0.4, 0.5) is 0 Å². The van der Waals surface area contributed by atoms with Gasteiger partial charge >= 0.3 is 0 Å². The summed E-state index contributed by atoms with van der Waals surface area (Å²) in [7, 11) is 1.88. The Balaban J connectivity index is 2.43. The third-order valence-corrected chi connectivity index (χ3v) is 3.30. The van der Waals surface area contributed by atoms with Crippen LogP contribution < -0.4 is 5.73 Å². The lowest BCUT2D eigenvalue weighted by molar-refractivity contribution is 0.318. The third kappa shape index (κ3) is 2.43. The molecule has 0 unspecified atom stereocenters. The van der Waals surface area contributed by atoms with Crippen molar-refractivity contribution >= 4 is 17.6 Å². The molecule has 0 amide bonds. The van der Waals surface area contributed by atoms with Crippen molar-refractivity contribution in [2.45, 2.75) is 17.1 Å². The maximum Gasteiger partial charge on any atom is 0.174 e. The van der Waals surface area contributed by atoms with Crippen LogP contribution in [0.25, 0.3) is 0 Å². The van der Waals surface area contributed by atoms with Crippen molar-refractivity contribution in [2.24, 2.45) is 17.9 Å². The number of hydrogen-bond donors (Lipinski definition) is 2. The first-order valence-corrected chi connectivity index (χ1v) is 5.90. The summed E-state index contributed by atoms with van der Waals surface area (Å²) in [6.45, 7) is 1.78. The normalized spacial score (nSPS) is 11.8. The lowest BCUT2D eigenvalue weighted by Crippen LogP contribution is -2.16. The van der Waals surface area contributed by atoms with Crippen molar-refractivity contribution < 1.29 is 5.21 Å². The van der Waals surface area contributed by atoms with Crippen LogP contribution in [-0.2, 0) is 7.05 Å². The molecule has 0 aromatic carbocycles. The Morgan fingerprint density at radius 3 is 2.89 bits per heavy atom. The third-order valence-electron chi connectivity index (χ3n) is 2.22. The summed E-state index contributed by atoms with van der Waals surface area (Å²) < 4.78 is 1.86. The van der Waals surface area contributed by atoms with Crippen LogP contribution in [0, 0.1) is 6.92 Å². The molecule has 0 atom stereocenters. The molecule has 7 nitrogen and oxygen atoms in total. The van der Waals surface area contributed by atoms with Crippen molar-refractivity contribution in [1.82, 2.24) is 19.5 Å². The second-order valence-electron chi connectivity index (χ2n) is 3.54. The Morgan fingerprint density at radius 1 is 1.50 bits per heavy atom. The Bertz CT molecular complexity index is 594. The highest BCUT2D eigenvalue weighted by Crippen LogP contribution is 2.26. The van der Waals surface area contributed by atoms with Gasteiger partial charge in [0.25, 0.3) is 0 Å². The number of nitrogens with zero attached hydrogens (tertiary/aromatic N) is 5. The molecule has 0 aliphatic carbocycles. The first-order chi connectivity index (χ1) is 8.61. The summed E-state index contributed by atoms with van der Waals surface area (Å²) in [6.07, 6.45) is 5.06. The summed E-state index contributed by atoms with van der Waals surface area (Å²) in [6, 6.07) is 0. The zero-order valence-electron chi connectivity index (χ0n) is 9.90. The van der Waals surface area contributed by atoms with E-state index in [0.29, 0.717) is 16.4 Å². The fraction of sp³-hybridized carbons (Fsp3) is 0.200. The molecule has 2 heterocycles. The minimum Gasteiger partial charge on any atom is -0.409 e. The minimum absolute atomic E-state index is 0.0216. The summed E-state index contributed by atoms with van der Waals surface area (Å²) >= 11 is 1.33. The first-order valence-electron chi connectivity index (χ1n) is 5.08. The molecule has 0 aliphatic rings. The highest BCUT2D eigenvalue weighted by Gasteiger charge is 2.13. The van der Waals surface area contributed by atoms with E-state index in [2.05, 4.69) is 20.1 Å². The van der Waals surface area contributed by atoms with Gasteiger partial charge in [-0.05, 0) is 18.7 Å². The zero-order valence-corrected chi connectivity index (χ0v) is 10.7. The number of aromatic nitrogens is 4. The number of rotatable bonds is 3. The molecule has 0 saturated carbocycles. The van der Waals surface area contributed by atoms with Crippen LogP contribution in [0.5, 0.6) is 0 Å². The van der Waals surface area contributed by atoms with E-state index in [1.165, 1.54) is 18.0 Å². The maximum atomic E-state index is 8.74. The Hall–Kier alpha value is -2.09. The summed E-state index contributed by atoms with van der Waals surface area (Å²) in [5, 5.41) is 13.1. The van der Waals surface area contributed by atoms with Crippen molar-refractivity contribution in [1.29, 1.82) is 0 Å². The molecule has 2 rings (SSSR count). The van der Waals surface area contributed by atoms with Gasteiger partial charge in [-0.15, -0.1) is 0 Å². The van der Waals surface area contributed by atoms with Gasteiger partial charge in [0.15, 0.2) is 11.0 Å². The summed E-state index contributed by atoms with van der Waals surface area (Å²) in [4.78, 5) is 12.5. The fourth-order valence-electron chi connectivity index (χ4n) is 1.29. The van der Waals surface area contributed by atoms with Crippen LogP contribution in [-0.4, -0.2) is 30.6 Å². The predicted octanol–water partition coefficient (Wildman–Crippen LogP) is 0.764. The van der Waals surface area contributed by atoms with Gasteiger partial charge in [-0.2, -0.15) is 0 Å². The molecule has 0 aliphatic heterocycles. The monoisotopic (exact) mass is 264 g/mol. The average molecular weight is 264 g/mol. The quantitative estimate of drug-likeness (QED) is 0.279. The van der Waals surface area contributed by atoms with Gasteiger partial charge in [0.2, 0.25) is 0 Å². The molecular weight excluding hydrogens is 252 g/mol. The number of oxime groups is 1. The van der Waals surface area contributed by atoms with E-state index >= 15 is 0 Å². The van der Waals surface area contributed by atoms with E-state index < -0.39 is 0 Å². The number of aryl methyl sites for hydroxylation is 2. The van der Waals surface area contributed by atoms with E-state index in [-0.39, 0.29) is 5.84 Å². The maximum absolute atomic E-state index is 8.74. The summed E-state index contributed by atoms with van der Waals surface area (Å²) in [5.74, 6) is 0.591. The van der Waals surface area contributed by atoms with Crippen LogP contribution >= 0.6 is 11.8 Å². The van der Waals surface area contributed by atoms with Gasteiger partial charge < -0.3 is 15.5 Å². The lowest BCUT2D eigenvalue weighted by atomic mass is 10.3. The lowest BCUT2D eigenvalue weighted by Gasteiger charge is -2.07. The highest BCUT2D eigenvalue weighted by atomic mass is 32.2. The molecular formula is C10H12N6OS. The molecule has 2 aromatic rings. The first kappa shape index (κ1) is 12.4. The average Bonchev–Trinajstić information content (AvgIpc) is 2.74. The van der Waals surface area contributed by atoms with Crippen LogP contribution in [0.2, 0.25) is 0 Å². The number of amidine groups is 1. The molecule has 2 aromatic heterocycles. The van der Waals surface area contributed by atoms with E-state index in [9.17, 15) is 0 Å². The molecule has 0 saturated heterocycles. The number of nitrogens with two attached hydrogens (primary N) is 1. The Labute approximate surface area is 108 Å². The Morgan fingerprint density at radius 2 is 2.28 bits per heavy atom. The van der Waals surface area contributed by atoms with Gasteiger partial charge in [-0.3, -0.25) is 0 Å². The second kappa shape index (κ2) is 5.05. The Kier molecular flexibility index (Phi) is 3.47. The second-order valence-corrected chi connectivity index (χ2v) is 4.50. The van der Waals surface area contributed by atoms with Crippen molar-refractivity contribution in [2.75, 3.05) is 0 Å². The molecule has 3 N–H and O–H groups in total. The molecule has 94 valence electrons. The van der Waals surface area contributed by atoms with Crippen molar-refractivity contribution in [3.63, 3.8) is 0 Å². The summed E-state index contributed by atoms with van der Waals surface area (Å²) in [5.41, 5.74) is 6.07. The predicted molar refractivity (Wildman–Crippen MR) is 66.6 cm³/mol. The zero-order chi connectivity index (χ0) is 13.1. The fourth-order valence-corrected chi connectivity index (χ4v) is 2.23. The SMILES string of the molecule is Cc1ncc(/C(N)=N/O)c(Sc2nccn2C)n1. The van der Waals surface area contributed by atoms with Crippen LogP contribution in [0.3, 0.4) is 0 Å². The minimum atomic E-state index is -0.0216. The van der Waals surface area contributed by atoms with Gasteiger partial charge in [0, 0.05) is 25.6 Å². The van der Waals surface area contributed by atoms with E-state index in [0.717, 1.165) is 5.16 Å². The topological polar surface area (TPSA) is 102 Å². The van der Waals surface area contributed by atoms with Crippen LogP contribution in [0.15, 0.2) is 33.9 Å². The molecule has 0 fully saturated rings. The molecule has 18 heavy (non-hydrogen) atoms. The van der Waals surface area contributed by atoms with Crippen molar-refractivity contribution in [3.8, 4) is 0 Å².